The average molecular weight is 442 g/mol. The monoisotopic (exact) mass is 441 g/mol. The van der Waals surface area contributed by atoms with Gasteiger partial charge < -0.3 is 11.2 Å². The molecule has 2 rings (SSSR count). The van der Waals surface area contributed by atoms with Crippen LogP contribution in [0.1, 0.15) is 132 Å². The van der Waals surface area contributed by atoms with E-state index in [0.717, 1.165) is 6.42 Å². The Kier molecular flexibility index (Phi) is 15.3. The van der Waals surface area contributed by atoms with E-state index >= 15 is 0 Å². The molecule has 2 aromatic rings. The minimum atomic E-state index is 0. The predicted octanol–water partition coefficient (Wildman–Crippen LogP) is 8.89. The Hall–Kier alpha value is -1.38. The Bertz CT molecular complexity index is 739. The van der Waals surface area contributed by atoms with Crippen molar-refractivity contribution < 1.29 is 5.48 Å². The number of hydrogen-bond acceptors (Lipinski definition) is 1. The maximum absolute atomic E-state index is 6.69. The molecular weight excluding hydrogens is 390 g/mol. The van der Waals surface area contributed by atoms with Gasteiger partial charge in [0.2, 0.25) is 0 Å². The molecule has 1 unspecified atom stereocenters. The molecule has 182 valence electrons. The molecule has 0 bridgehead atoms. The van der Waals surface area contributed by atoms with Crippen molar-refractivity contribution in [2.45, 2.75) is 130 Å². The van der Waals surface area contributed by atoms with Gasteiger partial charge in [0.15, 0.2) is 0 Å². The highest BCUT2D eigenvalue weighted by Crippen LogP contribution is 2.31. The lowest BCUT2D eigenvalue weighted by molar-refractivity contribution is 0.519. The van der Waals surface area contributed by atoms with Crippen LogP contribution in [0.4, 0.5) is 0 Å². The number of benzene rings is 2. The molecule has 32 heavy (non-hydrogen) atoms. The molecule has 2 nitrogen and oxygen atoms in total. The highest BCUT2D eigenvalue weighted by atomic mass is 16.0. The van der Waals surface area contributed by atoms with Gasteiger partial charge in [-0.1, -0.05) is 134 Å². The molecule has 0 heterocycles. The maximum Gasteiger partial charge on any atom is 0.0303 e. The lowest BCUT2D eigenvalue weighted by atomic mass is 9.89. The molecule has 0 amide bonds. The predicted molar refractivity (Wildman–Crippen MR) is 144 cm³/mol. The first kappa shape index (κ1) is 28.7. The number of rotatable bonds is 17. The minimum Gasteiger partial charge on any atom is -0.412 e. The molecular formula is C30H51NO. The van der Waals surface area contributed by atoms with Crippen LogP contribution >= 0.6 is 0 Å². The summed E-state index contributed by atoms with van der Waals surface area (Å²) in [6.45, 7) is 6.75. The molecule has 4 N–H and O–H groups in total. The Morgan fingerprint density at radius 2 is 1.16 bits per heavy atom. The largest absolute Gasteiger partial charge is 0.412 e. The summed E-state index contributed by atoms with van der Waals surface area (Å²) in [7, 11) is 0. The minimum absolute atomic E-state index is 0. The van der Waals surface area contributed by atoms with Crippen molar-refractivity contribution in [2.75, 3.05) is 0 Å². The molecule has 2 heteroatoms. The van der Waals surface area contributed by atoms with Crippen molar-refractivity contribution in [1.82, 2.24) is 0 Å². The van der Waals surface area contributed by atoms with Gasteiger partial charge in [0, 0.05) is 6.04 Å². The van der Waals surface area contributed by atoms with Gasteiger partial charge >= 0.3 is 0 Å². The fourth-order valence-corrected chi connectivity index (χ4v) is 4.98. The normalized spacial score (nSPS) is 12.1. The quantitative estimate of drug-likeness (QED) is 0.245. The van der Waals surface area contributed by atoms with E-state index in [2.05, 4.69) is 51.1 Å². The van der Waals surface area contributed by atoms with Gasteiger partial charge in [-0.15, -0.1) is 0 Å². The SMILES string of the molecule is CCCCCCCCCCCCCCCCCC(N)c1c(C)c(C)cc2ccccc12.O. The zero-order valence-corrected chi connectivity index (χ0v) is 21.4. The van der Waals surface area contributed by atoms with Crippen molar-refractivity contribution in [1.29, 1.82) is 0 Å². The van der Waals surface area contributed by atoms with Gasteiger partial charge in [0.25, 0.3) is 0 Å². The van der Waals surface area contributed by atoms with E-state index in [1.165, 1.54) is 124 Å². The Morgan fingerprint density at radius 1 is 0.688 bits per heavy atom. The second-order valence-electron chi connectivity index (χ2n) is 9.80. The first-order valence-electron chi connectivity index (χ1n) is 13.4. The number of nitrogens with two attached hydrogens (primary N) is 1. The van der Waals surface area contributed by atoms with Gasteiger partial charge in [-0.05, 0) is 47.7 Å². The van der Waals surface area contributed by atoms with E-state index in [4.69, 9.17) is 5.73 Å². The van der Waals surface area contributed by atoms with E-state index in [1.807, 2.05) is 0 Å². The van der Waals surface area contributed by atoms with Gasteiger partial charge in [0.05, 0.1) is 0 Å². The van der Waals surface area contributed by atoms with E-state index in [-0.39, 0.29) is 11.5 Å². The molecule has 0 fully saturated rings. The van der Waals surface area contributed by atoms with Crippen LogP contribution < -0.4 is 5.73 Å². The molecule has 0 radical (unpaired) electrons. The summed E-state index contributed by atoms with van der Waals surface area (Å²) >= 11 is 0. The van der Waals surface area contributed by atoms with E-state index < -0.39 is 0 Å². The summed E-state index contributed by atoms with van der Waals surface area (Å²) in [5.74, 6) is 0. The molecule has 0 saturated carbocycles. The zero-order valence-electron chi connectivity index (χ0n) is 21.4. The van der Waals surface area contributed by atoms with Crippen LogP contribution in [-0.4, -0.2) is 5.48 Å². The molecule has 0 aliphatic rings. The average Bonchev–Trinajstić information content (AvgIpc) is 2.77. The third kappa shape index (κ3) is 10.0. The molecule has 1 atom stereocenters. The van der Waals surface area contributed by atoms with Crippen molar-refractivity contribution in [3.05, 3.63) is 47.0 Å². The Morgan fingerprint density at radius 3 is 1.69 bits per heavy atom. The summed E-state index contributed by atoms with van der Waals surface area (Å²) in [5.41, 5.74) is 10.8. The first-order valence-corrected chi connectivity index (χ1v) is 13.4. The van der Waals surface area contributed by atoms with Crippen LogP contribution in [0, 0.1) is 13.8 Å². The van der Waals surface area contributed by atoms with Crippen LogP contribution in [0.25, 0.3) is 10.8 Å². The number of hydrogen-bond donors (Lipinski definition) is 1. The lowest BCUT2D eigenvalue weighted by Gasteiger charge is -2.19. The van der Waals surface area contributed by atoms with Crippen molar-refractivity contribution in [3.63, 3.8) is 0 Å². The molecule has 0 aliphatic heterocycles. The van der Waals surface area contributed by atoms with E-state index in [9.17, 15) is 0 Å². The highest BCUT2D eigenvalue weighted by Gasteiger charge is 2.14. The Labute approximate surface area is 198 Å². The molecule has 2 aromatic carbocycles. The molecule has 0 saturated heterocycles. The third-order valence-corrected chi connectivity index (χ3v) is 7.11. The number of fused-ring (bicyclic) bond motifs is 1. The summed E-state index contributed by atoms with van der Waals surface area (Å²) in [6, 6.07) is 11.2. The smallest absolute Gasteiger partial charge is 0.0303 e. The number of unbranched alkanes of at least 4 members (excludes halogenated alkanes) is 14. The van der Waals surface area contributed by atoms with Crippen molar-refractivity contribution >= 4 is 10.8 Å². The second kappa shape index (κ2) is 17.1. The van der Waals surface area contributed by atoms with E-state index in [0.29, 0.717) is 0 Å². The zero-order chi connectivity index (χ0) is 22.3. The summed E-state index contributed by atoms with van der Waals surface area (Å²) < 4.78 is 0. The highest BCUT2D eigenvalue weighted by molar-refractivity contribution is 5.88. The summed E-state index contributed by atoms with van der Waals surface area (Å²) in [6.07, 6.45) is 22.3. The molecule has 0 spiro atoms. The molecule has 0 aliphatic carbocycles. The standard InChI is InChI=1S/C30H49N.H2O/c1-4-5-6-7-8-9-10-11-12-13-14-15-16-17-18-23-29(31)30-26(3)25(2)24-27-21-19-20-22-28(27)30;/h19-22,24,29H,4-18,23,31H2,1-3H3;1H2. The van der Waals surface area contributed by atoms with Crippen LogP contribution in [0.15, 0.2) is 30.3 Å². The first-order chi connectivity index (χ1) is 15.1. The Balaban J connectivity index is 0.00000512. The summed E-state index contributed by atoms with van der Waals surface area (Å²) in [4.78, 5) is 0. The van der Waals surface area contributed by atoms with Crippen molar-refractivity contribution in [3.8, 4) is 0 Å². The summed E-state index contributed by atoms with van der Waals surface area (Å²) in [5, 5.41) is 2.67. The van der Waals surface area contributed by atoms with Gasteiger partial charge in [-0.2, -0.15) is 0 Å². The van der Waals surface area contributed by atoms with Gasteiger partial charge in [-0.3, -0.25) is 0 Å². The third-order valence-electron chi connectivity index (χ3n) is 7.11. The van der Waals surface area contributed by atoms with Crippen LogP contribution in [-0.2, 0) is 0 Å². The topological polar surface area (TPSA) is 57.5 Å². The van der Waals surface area contributed by atoms with Crippen molar-refractivity contribution in [2.24, 2.45) is 5.73 Å². The number of aryl methyl sites for hydroxylation is 1. The van der Waals surface area contributed by atoms with Gasteiger partial charge in [-0.25, -0.2) is 0 Å². The lowest BCUT2D eigenvalue weighted by Crippen LogP contribution is -2.13. The second-order valence-corrected chi connectivity index (χ2v) is 9.80. The fraction of sp³-hybridized carbons (Fsp3) is 0.667. The van der Waals surface area contributed by atoms with Crippen LogP contribution in [0.2, 0.25) is 0 Å². The van der Waals surface area contributed by atoms with E-state index in [1.54, 1.807) is 0 Å². The maximum atomic E-state index is 6.69. The van der Waals surface area contributed by atoms with Crippen LogP contribution in [0.5, 0.6) is 0 Å². The van der Waals surface area contributed by atoms with Crippen LogP contribution in [0.3, 0.4) is 0 Å². The fourth-order valence-electron chi connectivity index (χ4n) is 4.98. The molecule has 0 aromatic heterocycles. The van der Waals surface area contributed by atoms with Gasteiger partial charge in [0.1, 0.15) is 0 Å².